The highest BCUT2D eigenvalue weighted by molar-refractivity contribution is 5.75. The number of carbonyl (C=O) groups is 1. The van der Waals surface area contributed by atoms with Crippen molar-refractivity contribution in [3.05, 3.63) is 35.1 Å². The number of benzene rings is 1. The second-order valence-electron chi connectivity index (χ2n) is 3.74. The van der Waals surface area contributed by atoms with E-state index in [1.807, 2.05) is 6.07 Å². The van der Waals surface area contributed by atoms with Crippen molar-refractivity contribution in [2.75, 3.05) is 7.05 Å². The highest BCUT2D eigenvalue weighted by Crippen LogP contribution is 2.11. The number of hydrazine groups is 1. The smallest absolute Gasteiger partial charge is 0.234 e. The van der Waals surface area contributed by atoms with Crippen LogP contribution in [-0.4, -0.2) is 13.0 Å². The average Bonchev–Trinajstić information content (AvgIpc) is 2.24. The van der Waals surface area contributed by atoms with E-state index in [1.165, 1.54) is 6.07 Å². The van der Waals surface area contributed by atoms with Crippen LogP contribution in [0.2, 0.25) is 0 Å². The second-order valence-corrected chi connectivity index (χ2v) is 3.74. The number of amides is 1. The van der Waals surface area contributed by atoms with Crippen molar-refractivity contribution in [1.29, 1.82) is 0 Å². The molecule has 0 heterocycles. The molecule has 0 aliphatic carbocycles. The standard InChI is InChI=1S/C12H17FN2O/c1-9-8-10(6-7-11(9)13)4-3-5-12(16)15-14-2/h6-8,14H,3-5H2,1-2H3,(H,15,16). The first-order chi connectivity index (χ1) is 7.63. The Morgan fingerprint density at radius 1 is 1.44 bits per heavy atom. The number of carbonyl (C=O) groups excluding carboxylic acids is 1. The number of hydrogen-bond acceptors (Lipinski definition) is 2. The van der Waals surface area contributed by atoms with E-state index in [0.29, 0.717) is 12.0 Å². The largest absolute Gasteiger partial charge is 0.292 e. The van der Waals surface area contributed by atoms with Gasteiger partial charge in [-0.25, -0.2) is 9.82 Å². The zero-order chi connectivity index (χ0) is 12.0. The third kappa shape index (κ3) is 3.98. The fourth-order valence-electron chi connectivity index (χ4n) is 1.52. The molecule has 0 fully saturated rings. The van der Waals surface area contributed by atoms with Crippen LogP contribution in [-0.2, 0) is 11.2 Å². The molecular weight excluding hydrogens is 207 g/mol. The molecule has 0 atom stereocenters. The Labute approximate surface area is 95.0 Å². The third-order valence-electron chi connectivity index (χ3n) is 2.36. The van der Waals surface area contributed by atoms with Gasteiger partial charge in [0.1, 0.15) is 5.82 Å². The van der Waals surface area contributed by atoms with Gasteiger partial charge in [0.05, 0.1) is 0 Å². The predicted molar refractivity (Wildman–Crippen MR) is 61.3 cm³/mol. The van der Waals surface area contributed by atoms with Gasteiger partial charge in [-0.1, -0.05) is 12.1 Å². The maximum atomic E-state index is 13.0. The molecule has 1 rings (SSSR count). The Morgan fingerprint density at radius 3 is 2.81 bits per heavy atom. The van der Waals surface area contributed by atoms with Gasteiger partial charge in [-0.2, -0.15) is 0 Å². The topological polar surface area (TPSA) is 41.1 Å². The molecule has 1 aromatic rings. The molecule has 3 nitrogen and oxygen atoms in total. The van der Waals surface area contributed by atoms with E-state index in [2.05, 4.69) is 10.9 Å². The molecular formula is C12H17FN2O. The summed E-state index contributed by atoms with van der Waals surface area (Å²) in [5, 5.41) is 0. The van der Waals surface area contributed by atoms with E-state index < -0.39 is 0 Å². The highest BCUT2D eigenvalue weighted by Gasteiger charge is 2.02. The third-order valence-corrected chi connectivity index (χ3v) is 2.36. The Morgan fingerprint density at radius 2 is 2.19 bits per heavy atom. The Kier molecular flexibility index (Phi) is 4.92. The molecule has 88 valence electrons. The number of aryl methyl sites for hydroxylation is 2. The first-order valence-electron chi connectivity index (χ1n) is 5.34. The summed E-state index contributed by atoms with van der Waals surface area (Å²) in [6.07, 6.45) is 2.02. The Balaban J connectivity index is 2.37. The van der Waals surface area contributed by atoms with Crippen molar-refractivity contribution in [3.8, 4) is 0 Å². The minimum Gasteiger partial charge on any atom is -0.292 e. The summed E-state index contributed by atoms with van der Waals surface area (Å²) in [6, 6.07) is 5.06. The molecule has 2 N–H and O–H groups in total. The van der Waals surface area contributed by atoms with Crippen LogP contribution >= 0.6 is 0 Å². The van der Waals surface area contributed by atoms with Gasteiger partial charge >= 0.3 is 0 Å². The van der Waals surface area contributed by atoms with Crippen molar-refractivity contribution in [1.82, 2.24) is 10.9 Å². The van der Waals surface area contributed by atoms with E-state index in [0.717, 1.165) is 18.4 Å². The molecule has 4 heteroatoms. The number of hydrogen-bond donors (Lipinski definition) is 2. The lowest BCUT2D eigenvalue weighted by atomic mass is 10.1. The number of nitrogens with one attached hydrogen (secondary N) is 2. The summed E-state index contributed by atoms with van der Waals surface area (Å²) in [5.41, 5.74) is 6.80. The molecule has 0 aliphatic rings. The molecule has 0 radical (unpaired) electrons. The highest BCUT2D eigenvalue weighted by atomic mass is 19.1. The van der Waals surface area contributed by atoms with E-state index in [9.17, 15) is 9.18 Å². The fraction of sp³-hybridized carbons (Fsp3) is 0.417. The first-order valence-corrected chi connectivity index (χ1v) is 5.34. The van der Waals surface area contributed by atoms with Crippen molar-refractivity contribution >= 4 is 5.91 Å². The lowest BCUT2D eigenvalue weighted by Gasteiger charge is -2.04. The summed E-state index contributed by atoms with van der Waals surface area (Å²) in [5.74, 6) is -0.210. The summed E-state index contributed by atoms with van der Waals surface area (Å²) in [7, 11) is 1.65. The van der Waals surface area contributed by atoms with Gasteiger partial charge in [0.15, 0.2) is 0 Å². The van der Waals surface area contributed by atoms with Gasteiger partial charge in [0.2, 0.25) is 5.91 Å². The zero-order valence-corrected chi connectivity index (χ0v) is 9.64. The minimum absolute atomic E-state index is 0.0265. The van der Waals surface area contributed by atoms with Crippen LogP contribution in [0.5, 0.6) is 0 Å². The first kappa shape index (κ1) is 12.6. The normalized spacial score (nSPS) is 10.2. The van der Waals surface area contributed by atoms with Gasteiger partial charge in [-0.15, -0.1) is 0 Å². The zero-order valence-electron chi connectivity index (χ0n) is 9.64. The molecule has 1 amide bonds. The SMILES string of the molecule is CNNC(=O)CCCc1ccc(F)c(C)c1. The average molecular weight is 224 g/mol. The molecule has 0 unspecified atom stereocenters. The molecule has 16 heavy (non-hydrogen) atoms. The van der Waals surface area contributed by atoms with E-state index in [-0.39, 0.29) is 11.7 Å². The lowest BCUT2D eigenvalue weighted by molar-refractivity contribution is -0.122. The number of rotatable bonds is 5. The van der Waals surface area contributed by atoms with Gasteiger partial charge in [0, 0.05) is 13.5 Å². The monoisotopic (exact) mass is 224 g/mol. The summed E-state index contributed by atoms with van der Waals surface area (Å²) >= 11 is 0. The maximum Gasteiger partial charge on any atom is 0.234 e. The van der Waals surface area contributed by atoms with Gasteiger partial charge in [-0.05, 0) is 37.0 Å². The Hall–Kier alpha value is -1.42. The molecule has 0 saturated carbocycles. The summed E-state index contributed by atoms with van der Waals surface area (Å²) in [4.78, 5) is 11.1. The van der Waals surface area contributed by atoms with Crippen molar-refractivity contribution in [2.45, 2.75) is 26.2 Å². The van der Waals surface area contributed by atoms with Crippen LogP contribution in [0.3, 0.4) is 0 Å². The molecule has 0 bridgehead atoms. The molecule has 0 aliphatic heterocycles. The number of halogens is 1. The molecule has 1 aromatic carbocycles. The van der Waals surface area contributed by atoms with Gasteiger partial charge in [-0.3, -0.25) is 10.2 Å². The van der Waals surface area contributed by atoms with Crippen molar-refractivity contribution in [2.24, 2.45) is 0 Å². The Bertz CT molecular complexity index is 366. The fourth-order valence-corrected chi connectivity index (χ4v) is 1.52. The van der Waals surface area contributed by atoms with Gasteiger partial charge < -0.3 is 0 Å². The summed E-state index contributed by atoms with van der Waals surface area (Å²) < 4.78 is 13.0. The van der Waals surface area contributed by atoms with Crippen LogP contribution < -0.4 is 10.9 Å². The van der Waals surface area contributed by atoms with E-state index in [1.54, 1.807) is 20.0 Å². The van der Waals surface area contributed by atoms with Crippen LogP contribution in [0.1, 0.15) is 24.0 Å². The second kappa shape index (κ2) is 6.23. The maximum absolute atomic E-state index is 13.0. The van der Waals surface area contributed by atoms with Crippen LogP contribution in [0, 0.1) is 12.7 Å². The van der Waals surface area contributed by atoms with E-state index in [4.69, 9.17) is 0 Å². The van der Waals surface area contributed by atoms with Gasteiger partial charge in [0.25, 0.3) is 0 Å². The van der Waals surface area contributed by atoms with Crippen LogP contribution in [0.15, 0.2) is 18.2 Å². The molecule has 0 spiro atoms. The molecule has 0 saturated heterocycles. The minimum atomic E-state index is -0.184. The van der Waals surface area contributed by atoms with Crippen molar-refractivity contribution in [3.63, 3.8) is 0 Å². The van der Waals surface area contributed by atoms with Crippen molar-refractivity contribution < 1.29 is 9.18 Å². The molecule has 0 aromatic heterocycles. The predicted octanol–water partition coefficient (Wildman–Crippen LogP) is 1.71. The summed E-state index contributed by atoms with van der Waals surface area (Å²) in [6.45, 7) is 1.74. The lowest BCUT2D eigenvalue weighted by Crippen LogP contribution is -2.33. The van der Waals surface area contributed by atoms with E-state index >= 15 is 0 Å². The van der Waals surface area contributed by atoms with Crippen LogP contribution in [0.4, 0.5) is 4.39 Å². The van der Waals surface area contributed by atoms with Crippen LogP contribution in [0.25, 0.3) is 0 Å². The quantitative estimate of drug-likeness (QED) is 0.747.